The Morgan fingerprint density at radius 1 is 1.47 bits per heavy atom. The van der Waals surface area contributed by atoms with Gasteiger partial charge in [0.25, 0.3) is 0 Å². The molecule has 0 radical (unpaired) electrons. The van der Waals surface area contributed by atoms with Gasteiger partial charge in [0, 0.05) is 18.1 Å². The van der Waals surface area contributed by atoms with Crippen molar-refractivity contribution < 1.29 is 19.1 Å². The molecule has 0 heterocycles. The second-order valence-corrected chi connectivity index (χ2v) is 2.97. The number of rotatable bonds is 4. The summed E-state index contributed by atoms with van der Waals surface area (Å²) in [5.74, 6) is 0.232. The van der Waals surface area contributed by atoms with Gasteiger partial charge in [0.1, 0.15) is 18.6 Å². The van der Waals surface area contributed by atoms with Crippen LogP contribution < -0.4 is 4.74 Å². The minimum absolute atomic E-state index is 0.111. The quantitative estimate of drug-likeness (QED) is 0.556. The highest BCUT2D eigenvalue weighted by Crippen LogP contribution is 2.20. The molecule has 15 heavy (non-hydrogen) atoms. The first kappa shape index (κ1) is 11.2. The van der Waals surface area contributed by atoms with Gasteiger partial charge in [-0.1, -0.05) is 0 Å². The molecule has 0 aromatic heterocycles. The van der Waals surface area contributed by atoms with E-state index in [-0.39, 0.29) is 12.6 Å². The summed E-state index contributed by atoms with van der Waals surface area (Å²) < 4.78 is 9.90. The van der Waals surface area contributed by atoms with E-state index in [2.05, 4.69) is 0 Å². The molecule has 0 unspecified atom stereocenters. The minimum atomic E-state index is -0.367. The number of carbonyl (C=O) groups is 2. The lowest BCUT2D eigenvalue weighted by molar-refractivity contribution is -0.142. The topological polar surface area (TPSA) is 52.6 Å². The molecule has 0 saturated heterocycles. The molecule has 0 amide bonds. The molecule has 1 aromatic carbocycles. The molecule has 0 aliphatic heterocycles. The van der Waals surface area contributed by atoms with Gasteiger partial charge in [0.05, 0.1) is 7.11 Å². The first-order valence-electron chi connectivity index (χ1n) is 4.43. The summed E-state index contributed by atoms with van der Waals surface area (Å²) in [5, 5.41) is 0. The Balaban J connectivity index is 2.90. The van der Waals surface area contributed by atoms with Crippen LogP contribution in [0.2, 0.25) is 0 Å². The molecular weight excluding hydrogens is 196 g/mol. The number of hydrogen-bond acceptors (Lipinski definition) is 4. The molecule has 0 aliphatic rings. The monoisotopic (exact) mass is 208 g/mol. The summed E-state index contributed by atoms with van der Waals surface area (Å²) in [4.78, 5) is 21.2. The van der Waals surface area contributed by atoms with Crippen molar-refractivity contribution in [1.82, 2.24) is 0 Å². The predicted molar refractivity (Wildman–Crippen MR) is 53.9 cm³/mol. The lowest BCUT2D eigenvalue weighted by atomic mass is 10.1. The van der Waals surface area contributed by atoms with E-state index in [9.17, 15) is 9.59 Å². The van der Waals surface area contributed by atoms with Gasteiger partial charge >= 0.3 is 5.97 Å². The summed E-state index contributed by atoms with van der Waals surface area (Å²) in [6.45, 7) is 1.44. The highest BCUT2D eigenvalue weighted by Gasteiger charge is 2.05. The number of ether oxygens (including phenoxy) is 2. The van der Waals surface area contributed by atoms with E-state index in [1.807, 2.05) is 0 Å². The summed E-state index contributed by atoms with van der Waals surface area (Å²) in [6, 6.07) is 4.94. The van der Waals surface area contributed by atoms with Crippen LogP contribution in [0.4, 0.5) is 0 Å². The molecule has 4 heteroatoms. The molecule has 1 rings (SSSR count). The van der Waals surface area contributed by atoms with Crippen LogP contribution in [-0.4, -0.2) is 19.4 Å². The minimum Gasteiger partial charge on any atom is -0.496 e. The fourth-order valence-corrected chi connectivity index (χ4v) is 1.16. The maximum absolute atomic E-state index is 10.6. The van der Waals surface area contributed by atoms with Gasteiger partial charge < -0.3 is 9.47 Å². The molecule has 0 spiro atoms. The lowest BCUT2D eigenvalue weighted by Crippen LogP contribution is -2.01. The van der Waals surface area contributed by atoms with Crippen molar-refractivity contribution in [3.63, 3.8) is 0 Å². The van der Waals surface area contributed by atoms with Crippen LogP contribution in [0.3, 0.4) is 0 Å². The summed E-state index contributed by atoms with van der Waals surface area (Å²) in [6.07, 6.45) is 0.733. The summed E-state index contributed by atoms with van der Waals surface area (Å²) in [5.41, 5.74) is 1.20. The zero-order chi connectivity index (χ0) is 11.3. The smallest absolute Gasteiger partial charge is 0.302 e. The number of methoxy groups -OCH3 is 1. The van der Waals surface area contributed by atoms with E-state index in [0.717, 1.165) is 6.29 Å². The standard InChI is InChI=1S/C11H12O4/c1-8(13)15-7-10-5-9(6-12)3-4-11(10)14-2/h3-6H,7H2,1-2H3. The van der Waals surface area contributed by atoms with Gasteiger partial charge in [-0.25, -0.2) is 0 Å². The Labute approximate surface area is 87.8 Å². The van der Waals surface area contributed by atoms with Gasteiger partial charge in [-0.2, -0.15) is 0 Å². The number of hydrogen-bond donors (Lipinski definition) is 0. The Bertz CT molecular complexity index is 371. The van der Waals surface area contributed by atoms with Gasteiger partial charge in [-0.15, -0.1) is 0 Å². The van der Waals surface area contributed by atoms with Crippen LogP contribution in [0.1, 0.15) is 22.8 Å². The van der Waals surface area contributed by atoms with Crippen LogP contribution in [0.15, 0.2) is 18.2 Å². The van der Waals surface area contributed by atoms with Crippen molar-refractivity contribution in [3.8, 4) is 5.75 Å². The highest BCUT2D eigenvalue weighted by molar-refractivity contribution is 5.75. The normalized spacial score (nSPS) is 9.47. The predicted octanol–water partition coefficient (Wildman–Crippen LogP) is 1.57. The van der Waals surface area contributed by atoms with Crippen LogP contribution >= 0.6 is 0 Å². The van der Waals surface area contributed by atoms with Crippen molar-refractivity contribution in [2.75, 3.05) is 7.11 Å². The molecule has 0 fully saturated rings. The van der Waals surface area contributed by atoms with Gasteiger partial charge in [0.2, 0.25) is 0 Å². The fraction of sp³-hybridized carbons (Fsp3) is 0.273. The molecular formula is C11H12O4. The molecule has 1 aromatic rings. The molecule has 0 saturated carbocycles. The van der Waals surface area contributed by atoms with Crippen molar-refractivity contribution in [1.29, 1.82) is 0 Å². The molecule has 0 bridgehead atoms. The third kappa shape index (κ3) is 3.09. The largest absolute Gasteiger partial charge is 0.496 e. The molecule has 0 aliphatic carbocycles. The van der Waals surface area contributed by atoms with Gasteiger partial charge in [-0.05, 0) is 18.2 Å². The van der Waals surface area contributed by atoms with E-state index in [4.69, 9.17) is 9.47 Å². The Morgan fingerprint density at radius 2 is 2.20 bits per heavy atom. The lowest BCUT2D eigenvalue weighted by Gasteiger charge is -2.08. The van der Waals surface area contributed by atoms with Crippen LogP contribution in [0.5, 0.6) is 5.75 Å². The zero-order valence-corrected chi connectivity index (χ0v) is 8.65. The van der Waals surface area contributed by atoms with Crippen LogP contribution in [-0.2, 0) is 16.1 Å². The first-order valence-corrected chi connectivity index (χ1v) is 4.43. The molecule has 0 atom stereocenters. The van der Waals surface area contributed by atoms with Crippen molar-refractivity contribution in [3.05, 3.63) is 29.3 Å². The van der Waals surface area contributed by atoms with E-state index < -0.39 is 0 Å². The summed E-state index contributed by atoms with van der Waals surface area (Å²) >= 11 is 0. The van der Waals surface area contributed by atoms with Gasteiger partial charge in [0.15, 0.2) is 0 Å². The number of carbonyl (C=O) groups excluding carboxylic acids is 2. The van der Waals surface area contributed by atoms with E-state index in [1.165, 1.54) is 14.0 Å². The van der Waals surface area contributed by atoms with Crippen LogP contribution in [0, 0.1) is 0 Å². The fourth-order valence-electron chi connectivity index (χ4n) is 1.16. The molecule has 0 N–H and O–H groups in total. The number of aldehydes is 1. The average molecular weight is 208 g/mol. The third-order valence-corrected chi connectivity index (χ3v) is 1.87. The third-order valence-electron chi connectivity index (χ3n) is 1.87. The maximum Gasteiger partial charge on any atom is 0.302 e. The SMILES string of the molecule is COc1ccc(C=O)cc1COC(C)=O. The number of benzene rings is 1. The zero-order valence-electron chi connectivity index (χ0n) is 8.65. The molecule has 4 nitrogen and oxygen atoms in total. The summed E-state index contributed by atoms with van der Waals surface area (Å²) in [7, 11) is 1.52. The van der Waals surface area contributed by atoms with E-state index in [0.29, 0.717) is 16.9 Å². The molecule has 80 valence electrons. The van der Waals surface area contributed by atoms with Crippen LogP contribution in [0.25, 0.3) is 0 Å². The van der Waals surface area contributed by atoms with Crippen molar-refractivity contribution in [2.45, 2.75) is 13.5 Å². The maximum atomic E-state index is 10.6. The average Bonchev–Trinajstić information content (AvgIpc) is 2.25. The Hall–Kier alpha value is -1.84. The Kier molecular flexibility index (Phi) is 3.85. The van der Waals surface area contributed by atoms with E-state index >= 15 is 0 Å². The second kappa shape index (κ2) is 5.14. The Morgan fingerprint density at radius 3 is 2.73 bits per heavy atom. The van der Waals surface area contributed by atoms with Gasteiger partial charge in [-0.3, -0.25) is 9.59 Å². The van der Waals surface area contributed by atoms with Crippen molar-refractivity contribution >= 4 is 12.3 Å². The highest BCUT2D eigenvalue weighted by atomic mass is 16.5. The van der Waals surface area contributed by atoms with Crippen molar-refractivity contribution in [2.24, 2.45) is 0 Å². The second-order valence-electron chi connectivity index (χ2n) is 2.97. The van der Waals surface area contributed by atoms with E-state index in [1.54, 1.807) is 18.2 Å². The number of esters is 1. The first-order chi connectivity index (χ1) is 7.17.